The van der Waals surface area contributed by atoms with Crippen LogP contribution in [0.1, 0.15) is 35.1 Å². The first-order valence-corrected chi connectivity index (χ1v) is 12.8. The highest BCUT2D eigenvalue weighted by molar-refractivity contribution is 7.89. The number of carboxylic acids is 1. The summed E-state index contributed by atoms with van der Waals surface area (Å²) in [6.07, 6.45) is -0.289. The lowest BCUT2D eigenvalue weighted by molar-refractivity contribution is -0.139. The van der Waals surface area contributed by atoms with Crippen LogP contribution in [0.4, 0.5) is 0 Å². The molecule has 0 radical (unpaired) electrons. The second-order valence-electron chi connectivity index (χ2n) is 8.43. The van der Waals surface area contributed by atoms with Crippen LogP contribution in [0.5, 0.6) is 0 Å². The van der Waals surface area contributed by atoms with Crippen molar-refractivity contribution in [3.05, 3.63) is 101 Å². The molecule has 1 amide bonds. The average Bonchev–Trinajstić information content (AvgIpc) is 2.86. The van der Waals surface area contributed by atoms with Crippen molar-refractivity contribution in [3.8, 4) is 11.8 Å². The molecule has 0 fully saturated rings. The van der Waals surface area contributed by atoms with Gasteiger partial charge in [0.2, 0.25) is 15.9 Å². The number of aliphatic carboxylic acids is 1. The maximum absolute atomic E-state index is 12.8. The Balaban J connectivity index is 1.61. The summed E-state index contributed by atoms with van der Waals surface area (Å²) in [5.74, 6) is 4.37. The molecule has 0 aliphatic carbocycles. The maximum Gasteiger partial charge on any atom is 0.321 e. The third-order valence-corrected chi connectivity index (χ3v) is 6.99. The van der Waals surface area contributed by atoms with Crippen molar-refractivity contribution in [2.24, 2.45) is 0 Å². The molecule has 0 aromatic heterocycles. The maximum atomic E-state index is 12.8. The smallest absolute Gasteiger partial charge is 0.321 e. The third kappa shape index (κ3) is 7.80. The highest BCUT2D eigenvalue weighted by Gasteiger charge is 2.26. The molecule has 36 heavy (non-hydrogen) atoms. The van der Waals surface area contributed by atoms with Crippen molar-refractivity contribution in [2.75, 3.05) is 7.05 Å². The van der Waals surface area contributed by atoms with Gasteiger partial charge in [0.05, 0.1) is 4.90 Å². The normalized spacial score (nSPS) is 11.7. The second-order valence-corrected chi connectivity index (χ2v) is 10.1. The van der Waals surface area contributed by atoms with Crippen LogP contribution >= 0.6 is 0 Å². The monoisotopic (exact) mass is 504 g/mol. The van der Waals surface area contributed by atoms with E-state index >= 15 is 0 Å². The molecule has 186 valence electrons. The first kappa shape index (κ1) is 26.7. The zero-order chi connectivity index (χ0) is 26.1. The second kappa shape index (κ2) is 12.2. The van der Waals surface area contributed by atoms with Gasteiger partial charge >= 0.3 is 5.97 Å². The quantitative estimate of drug-likeness (QED) is 0.434. The van der Waals surface area contributed by atoms with Gasteiger partial charge in [0.25, 0.3) is 0 Å². The minimum Gasteiger partial charge on any atom is -0.480 e. The Morgan fingerprint density at radius 3 is 2.03 bits per heavy atom. The molecule has 3 aromatic carbocycles. The summed E-state index contributed by atoms with van der Waals surface area (Å²) in [6, 6.07) is 21.5. The van der Waals surface area contributed by atoms with Gasteiger partial charge in [-0.25, -0.2) is 8.42 Å². The van der Waals surface area contributed by atoms with E-state index in [-0.39, 0.29) is 23.6 Å². The predicted octanol–water partition coefficient (Wildman–Crippen LogP) is 3.57. The number of rotatable bonds is 9. The Morgan fingerprint density at radius 1 is 0.917 bits per heavy atom. The van der Waals surface area contributed by atoms with E-state index < -0.39 is 22.0 Å². The van der Waals surface area contributed by atoms with E-state index in [0.717, 1.165) is 16.7 Å². The largest absolute Gasteiger partial charge is 0.480 e. The molecule has 0 saturated carbocycles. The molecule has 7 nitrogen and oxygen atoms in total. The minimum atomic E-state index is -4.11. The number of carbonyl (C=O) groups excluding carboxylic acids is 1. The number of hydrogen-bond acceptors (Lipinski definition) is 4. The van der Waals surface area contributed by atoms with Crippen molar-refractivity contribution < 1.29 is 23.1 Å². The van der Waals surface area contributed by atoms with Crippen LogP contribution in [-0.2, 0) is 26.2 Å². The van der Waals surface area contributed by atoms with E-state index in [2.05, 4.69) is 16.6 Å². The molecular formula is C28H28N2O5S. The van der Waals surface area contributed by atoms with E-state index in [1.54, 1.807) is 19.2 Å². The first-order valence-electron chi connectivity index (χ1n) is 11.4. The van der Waals surface area contributed by atoms with Crippen molar-refractivity contribution in [1.29, 1.82) is 0 Å². The van der Waals surface area contributed by atoms with Crippen molar-refractivity contribution in [3.63, 3.8) is 0 Å². The van der Waals surface area contributed by atoms with Crippen molar-refractivity contribution in [2.45, 2.75) is 37.2 Å². The third-order valence-electron chi connectivity index (χ3n) is 5.50. The minimum absolute atomic E-state index is 0.0813. The molecule has 0 heterocycles. The topological polar surface area (TPSA) is 104 Å². The number of carboxylic acid groups (broad SMARTS) is 1. The predicted molar refractivity (Wildman–Crippen MR) is 137 cm³/mol. The number of hydrogen-bond donors (Lipinski definition) is 2. The van der Waals surface area contributed by atoms with Crippen LogP contribution in [-0.4, -0.2) is 43.4 Å². The summed E-state index contributed by atoms with van der Waals surface area (Å²) in [6.45, 7) is 2.37. The van der Waals surface area contributed by atoms with Crippen LogP contribution in [0.25, 0.3) is 0 Å². The molecule has 0 aliphatic heterocycles. The SMILES string of the molecule is Cc1ccc(C#Cc2ccc(S(=O)(=O)N[C@H](CCC(=O)N(C)Cc3ccccc3)C(=O)O)cc2)cc1. The zero-order valence-electron chi connectivity index (χ0n) is 20.1. The molecule has 2 N–H and O–H groups in total. The molecule has 0 saturated heterocycles. The lowest BCUT2D eigenvalue weighted by Crippen LogP contribution is -2.41. The summed E-state index contributed by atoms with van der Waals surface area (Å²) < 4.78 is 27.8. The number of amides is 1. The van der Waals surface area contributed by atoms with Gasteiger partial charge in [-0.1, -0.05) is 59.9 Å². The van der Waals surface area contributed by atoms with Crippen LogP contribution in [0.2, 0.25) is 0 Å². The van der Waals surface area contributed by atoms with E-state index in [1.807, 2.05) is 61.5 Å². The van der Waals surface area contributed by atoms with E-state index in [0.29, 0.717) is 12.1 Å². The Labute approximate surface area is 211 Å². The number of aryl methyl sites for hydroxylation is 1. The number of sulfonamides is 1. The highest BCUT2D eigenvalue weighted by Crippen LogP contribution is 2.13. The van der Waals surface area contributed by atoms with Crippen LogP contribution in [0.3, 0.4) is 0 Å². The molecule has 3 rings (SSSR count). The summed E-state index contributed by atoms with van der Waals surface area (Å²) in [5, 5.41) is 9.54. The first-order chi connectivity index (χ1) is 17.1. The summed E-state index contributed by atoms with van der Waals surface area (Å²) in [7, 11) is -2.49. The highest BCUT2D eigenvalue weighted by atomic mass is 32.2. The van der Waals surface area contributed by atoms with Gasteiger partial charge in [0, 0.05) is 31.1 Å². The average molecular weight is 505 g/mol. The van der Waals surface area contributed by atoms with Crippen LogP contribution in [0, 0.1) is 18.8 Å². The molecular weight excluding hydrogens is 476 g/mol. The van der Waals surface area contributed by atoms with Gasteiger partial charge < -0.3 is 10.0 Å². The summed E-state index contributed by atoms with van der Waals surface area (Å²) in [4.78, 5) is 25.6. The number of nitrogens with one attached hydrogen (secondary N) is 1. The lowest BCUT2D eigenvalue weighted by atomic mass is 10.1. The molecule has 3 aromatic rings. The van der Waals surface area contributed by atoms with Gasteiger partial charge in [-0.2, -0.15) is 4.72 Å². The van der Waals surface area contributed by atoms with Crippen LogP contribution in [0.15, 0.2) is 83.8 Å². The zero-order valence-corrected chi connectivity index (χ0v) is 21.0. The summed E-state index contributed by atoms with van der Waals surface area (Å²) in [5.41, 5.74) is 3.53. The van der Waals surface area contributed by atoms with Crippen molar-refractivity contribution >= 4 is 21.9 Å². The Kier molecular flexibility index (Phi) is 9.01. The Bertz CT molecular complexity index is 1360. The molecule has 0 bridgehead atoms. The number of nitrogens with zero attached hydrogens (tertiary/aromatic N) is 1. The van der Waals surface area contributed by atoms with E-state index in [4.69, 9.17) is 0 Å². The molecule has 0 aliphatic rings. The van der Waals surface area contributed by atoms with E-state index in [1.165, 1.54) is 17.0 Å². The molecule has 0 unspecified atom stereocenters. The fraction of sp³-hybridized carbons (Fsp3) is 0.214. The van der Waals surface area contributed by atoms with Crippen molar-refractivity contribution in [1.82, 2.24) is 9.62 Å². The Morgan fingerprint density at radius 2 is 1.47 bits per heavy atom. The van der Waals surface area contributed by atoms with Gasteiger partial charge in [-0.3, -0.25) is 9.59 Å². The fourth-order valence-electron chi connectivity index (χ4n) is 3.39. The van der Waals surface area contributed by atoms with Gasteiger partial charge in [0.15, 0.2) is 0 Å². The lowest BCUT2D eigenvalue weighted by Gasteiger charge is -2.19. The van der Waals surface area contributed by atoms with Crippen LogP contribution < -0.4 is 4.72 Å². The van der Waals surface area contributed by atoms with Gasteiger partial charge in [0.1, 0.15) is 6.04 Å². The standard InChI is InChI=1S/C28H28N2O5S/c1-21-8-10-22(11-9-21)12-13-23-14-16-25(17-15-23)36(34,35)29-26(28(32)33)18-19-27(31)30(2)20-24-6-4-3-5-7-24/h3-11,14-17,26,29H,18-20H2,1-2H3,(H,32,33)/t26-/m1/s1. The fourth-order valence-corrected chi connectivity index (χ4v) is 4.61. The summed E-state index contributed by atoms with van der Waals surface area (Å²) >= 11 is 0. The number of benzene rings is 3. The molecule has 0 spiro atoms. The van der Waals surface area contributed by atoms with Gasteiger partial charge in [-0.15, -0.1) is 0 Å². The molecule has 8 heteroatoms. The van der Waals surface area contributed by atoms with E-state index in [9.17, 15) is 23.1 Å². The number of carbonyl (C=O) groups is 2. The molecule has 1 atom stereocenters. The Hall–Kier alpha value is -3.93. The van der Waals surface area contributed by atoms with Gasteiger partial charge in [-0.05, 0) is 55.3 Å².